The van der Waals surface area contributed by atoms with Gasteiger partial charge in [-0.05, 0) is 48.3 Å². The van der Waals surface area contributed by atoms with Gasteiger partial charge in [0.1, 0.15) is 11.5 Å². The normalized spacial score (nSPS) is 10.9. The number of urea groups is 1. The molecule has 0 bridgehead atoms. The number of benzene rings is 2. The van der Waals surface area contributed by atoms with Gasteiger partial charge in [-0.1, -0.05) is 36.4 Å². The smallest absolute Gasteiger partial charge is 0.345 e. The molecule has 1 heterocycles. The van der Waals surface area contributed by atoms with Crippen molar-refractivity contribution in [2.45, 2.75) is 4.90 Å². The van der Waals surface area contributed by atoms with E-state index in [1.165, 1.54) is 11.9 Å². The third-order valence-corrected chi connectivity index (χ3v) is 4.34. The zero-order valence-electron chi connectivity index (χ0n) is 14.6. The summed E-state index contributed by atoms with van der Waals surface area (Å²) < 4.78 is 7.80. The van der Waals surface area contributed by atoms with Gasteiger partial charge in [0.2, 0.25) is 0 Å². The number of rotatable bonds is 6. The molecule has 0 aliphatic carbocycles. The monoisotopic (exact) mass is 378 g/mol. The Bertz CT molecular complexity index is 859. The number of ether oxygens (including phenoxy) is 1. The fourth-order valence-electron chi connectivity index (χ4n) is 2.25. The summed E-state index contributed by atoms with van der Waals surface area (Å²) in [4.78, 5) is 17.3. The lowest BCUT2D eigenvalue weighted by Gasteiger charge is -2.08. The zero-order chi connectivity index (χ0) is 18.9. The Morgan fingerprint density at radius 1 is 1.00 bits per heavy atom. The summed E-state index contributed by atoms with van der Waals surface area (Å²) in [7, 11) is 1.61. The molecule has 0 saturated heterocycles. The van der Waals surface area contributed by atoms with E-state index in [9.17, 15) is 4.79 Å². The first kappa shape index (κ1) is 18.5. The highest BCUT2D eigenvalue weighted by molar-refractivity contribution is 7.98. The fourth-order valence-corrected chi connectivity index (χ4v) is 2.78. The molecule has 0 aliphatic rings. The Labute approximate surface area is 161 Å². The fraction of sp³-hybridized carbons (Fsp3) is 0.0500. The van der Waals surface area contributed by atoms with Crippen molar-refractivity contribution >= 4 is 23.7 Å². The Hall–Kier alpha value is -3.32. The second-order valence-corrected chi connectivity index (χ2v) is 6.24. The predicted molar refractivity (Wildman–Crippen MR) is 107 cm³/mol. The first-order valence-corrected chi connectivity index (χ1v) is 8.99. The van der Waals surface area contributed by atoms with Crippen LogP contribution in [0.25, 0.3) is 0 Å². The molecule has 0 fully saturated rings. The molecule has 0 aliphatic heterocycles. The molecule has 27 heavy (non-hydrogen) atoms. The van der Waals surface area contributed by atoms with Crippen LogP contribution in [-0.4, -0.2) is 23.8 Å². The second-order valence-electron chi connectivity index (χ2n) is 5.36. The lowest BCUT2D eigenvalue weighted by atomic mass is 10.1. The van der Waals surface area contributed by atoms with E-state index in [1.807, 2.05) is 72.8 Å². The number of methoxy groups -OCH3 is 1. The van der Waals surface area contributed by atoms with Gasteiger partial charge >= 0.3 is 6.03 Å². The minimum atomic E-state index is -0.430. The van der Waals surface area contributed by atoms with E-state index >= 15 is 0 Å². The van der Waals surface area contributed by atoms with Crippen LogP contribution in [0.5, 0.6) is 5.75 Å². The topological polar surface area (TPSA) is 75.6 Å². The van der Waals surface area contributed by atoms with Crippen molar-refractivity contribution in [2.75, 3.05) is 7.11 Å². The van der Waals surface area contributed by atoms with Crippen LogP contribution in [0.4, 0.5) is 4.79 Å². The summed E-state index contributed by atoms with van der Waals surface area (Å²) in [5.74, 6) is 0.760. The Morgan fingerprint density at radius 2 is 1.74 bits per heavy atom. The number of hydrazone groups is 1. The highest BCUT2D eigenvalue weighted by Crippen LogP contribution is 2.18. The molecule has 3 aromatic rings. The van der Waals surface area contributed by atoms with Crippen molar-refractivity contribution < 1.29 is 9.53 Å². The minimum Gasteiger partial charge on any atom is -0.497 e. The maximum absolute atomic E-state index is 12.1. The van der Waals surface area contributed by atoms with Crippen molar-refractivity contribution in [1.29, 1.82) is 0 Å². The van der Waals surface area contributed by atoms with Crippen LogP contribution < -0.4 is 14.9 Å². The molecule has 1 aromatic heterocycles. The molecule has 0 spiro atoms. The molecule has 0 atom stereocenters. The molecular formula is C20H18N4O2S. The van der Waals surface area contributed by atoms with E-state index in [-0.39, 0.29) is 0 Å². The van der Waals surface area contributed by atoms with E-state index in [0.717, 1.165) is 16.2 Å². The van der Waals surface area contributed by atoms with Gasteiger partial charge in [0.25, 0.3) is 0 Å². The van der Waals surface area contributed by atoms with E-state index in [1.54, 1.807) is 13.3 Å². The third kappa shape index (κ3) is 5.32. The van der Waals surface area contributed by atoms with Crippen LogP contribution in [-0.2, 0) is 0 Å². The van der Waals surface area contributed by atoms with Crippen LogP contribution in [0.3, 0.4) is 0 Å². The SMILES string of the molecule is COc1ccc(SNC(=O)N/N=C(/c2ccccc2)c2ccccn2)cc1. The first-order chi connectivity index (χ1) is 13.3. The number of nitrogens with one attached hydrogen (secondary N) is 2. The molecule has 7 heteroatoms. The third-order valence-electron chi connectivity index (χ3n) is 3.55. The Kier molecular flexibility index (Phi) is 6.43. The highest BCUT2D eigenvalue weighted by atomic mass is 32.2. The molecule has 6 nitrogen and oxygen atoms in total. The predicted octanol–water partition coefficient (Wildman–Crippen LogP) is 3.85. The number of aromatic nitrogens is 1. The van der Waals surface area contributed by atoms with Crippen molar-refractivity contribution in [1.82, 2.24) is 15.1 Å². The van der Waals surface area contributed by atoms with Crippen LogP contribution in [0.2, 0.25) is 0 Å². The molecule has 0 unspecified atom stereocenters. The second kappa shape index (κ2) is 9.40. The Morgan fingerprint density at radius 3 is 2.41 bits per heavy atom. The van der Waals surface area contributed by atoms with Crippen molar-refractivity contribution in [3.63, 3.8) is 0 Å². The lowest BCUT2D eigenvalue weighted by molar-refractivity contribution is 0.247. The summed E-state index contributed by atoms with van der Waals surface area (Å²) in [5, 5.41) is 4.26. The summed E-state index contributed by atoms with van der Waals surface area (Å²) in [5.41, 5.74) is 4.64. The molecule has 0 saturated carbocycles. The van der Waals surface area contributed by atoms with Crippen molar-refractivity contribution in [3.05, 3.63) is 90.3 Å². The Balaban J connectivity index is 1.67. The highest BCUT2D eigenvalue weighted by Gasteiger charge is 2.09. The maximum Gasteiger partial charge on any atom is 0.345 e. The summed E-state index contributed by atoms with van der Waals surface area (Å²) in [6.45, 7) is 0. The van der Waals surface area contributed by atoms with Crippen LogP contribution in [0, 0.1) is 0 Å². The van der Waals surface area contributed by atoms with Crippen LogP contribution in [0.15, 0.2) is 89.0 Å². The van der Waals surface area contributed by atoms with E-state index in [4.69, 9.17) is 4.74 Å². The molecular weight excluding hydrogens is 360 g/mol. The van der Waals surface area contributed by atoms with Gasteiger partial charge < -0.3 is 4.74 Å². The number of hydrogen-bond acceptors (Lipinski definition) is 5. The van der Waals surface area contributed by atoms with E-state index in [2.05, 4.69) is 20.2 Å². The average molecular weight is 378 g/mol. The van der Waals surface area contributed by atoms with Gasteiger partial charge in [0.05, 0.1) is 12.8 Å². The van der Waals surface area contributed by atoms with E-state index in [0.29, 0.717) is 11.4 Å². The average Bonchev–Trinajstić information content (AvgIpc) is 2.74. The van der Waals surface area contributed by atoms with Crippen molar-refractivity contribution in [3.8, 4) is 5.75 Å². The van der Waals surface area contributed by atoms with Gasteiger partial charge in [-0.3, -0.25) is 9.71 Å². The summed E-state index contributed by atoms with van der Waals surface area (Å²) in [6, 6.07) is 22.1. The van der Waals surface area contributed by atoms with Gasteiger partial charge in [0.15, 0.2) is 0 Å². The molecule has 0 radical (unpaired) electrons. The van der Waals surface area contributed by atoms with E-state index < -0.39 is 6.03 Å². The quantitative estimate of drug-likeness (QED) is 0.388. The van der Waals surface area contributed by atoms with Gasteiger partial charge in [-0.25, -0.2) is 10.2 Å². The number of carbonyl (C=O) groups is 1. The molecule has 2 N–H and O–H groups in total. The van der Waals surface area contributed by atoms with Crippen molar-refractivity contribution in [2.24, 2.45) is 5.10 Å². The number of nitrogens with zero attached hydrogens (tertiary/aromatic N) is 2. The van der Waals surface area contributed by atoms with Gasteiger partial charge in [-0.15, -0.1) is 0 Å². The number of amides is 2. The summed E-state index contributed by atoms with van der Waals surface area (Å²) in [6.07, 6.45) is 1.69. The molecule has 2 amide bonds. The number of hydrogen-bond donors (Lipinski definition) is 2. The maximum atomic E-state index is 12.1. The first-order valence-electron chi connectivity index (χ1n) is 8.17. The number of carbonyl (C=O) groups excluding carboxylic acids is 1. The molecule has 3 rings (SSSR count). The molecule has 136 valence electrons. The largest absolute Gasteiger partial charge is 0.497 e. The van der Waals surface area contributed by atoms with Gasteiger partial charge in [-0.2, -0.15) is 5.10 Å². The lowest BCUT2D eigenvalue weighted by Crippen LogP contribution is -2.28. The summed E-state index contributed by atoms with van der Waals surface area (Å²) >= 11 is 1.19. The zero-order valence-corrected chi connectivity index (χ0v) is 15.4. The van der Waals surface area contributed by atoms with Gasteiger partial charge in [0, 0.05) is 16.7 Å². The number of pyridine rings is 1. The molecule has 2 aromatic carbocycles. The van der Waals surface area contributed by atoms with Crippen LogP contribution >= 0.6 is 11.9 Å². The minimum absolute atomic E-state index is 0.430. The standard InChI is InChI=1S/C20H18N4O2S/c1-26-16-10-12-17(13-11-16)27-24-20(25)23-22-19(15-7-3-2-4-8-15)18-9-5-6-14-21-18/h2-14H,1H3,(H2,23,24,25)/b22-19-. The van der Waals surface area contributed by atoms with Crippen LogP contribution in [0.1, 0.15) is 11.3 Å².